The zero-order chi connectivity index (χ0) is 15.7. The normalized spacial score (nSPS) is 39.5. The van der Waals surface area contributed by atoms with E-state index < -0.39 is 0 Å². The summed E-state index contributed by atoms with van der Waals surface area (Å²) in [6, 6.07) is 5.28. The fourth-order valence-electron chi connectivity index (χ4n) is 5.55. The molecule has 23 heavy (non-hydrogen) atoms. The van der Waals surface area contributed by atoms with Crippen molar-refractivity contribution >= 4 is 17.6 Å². The number of benzene rings is 1. The van der Waals surface area contributed by atoms with Gasteiger partial charge in [0.2, 0.25) is 6.79 Å². The van der Waals surface area contributed by atoms with E-state index in [9.17, 15) is 4.79 Å². The second-order valence-corrected chi connectivity index (χ2v) is 8.60. The van der Waals surface area contributed by atoms with Crippen molar-refractivity contribution in [1.29, 1.82) is 0 Å². The maximum absolute atomic E-state index is 13.0. The van der Waals surface area contributed by atoms with Gasteiger partial charge >= 0.3 is 5.97 Å². The van der Waals surface area contributed by atoms with E-state index in [-0.39, 0.29) is 23.1 Å². The van der Waals surface area contributed by atoms with Crippen LogP contribution in [0.1, 0.15) is 38.5 Å². The van der Waals surface area contributed by atoms with Crippen LogP contribution in [0.5, 0.6) is 17.2 Å². The molecule has 0 unspecified atom stereocenters. The Morgan fingerprint density at radius 3 is 2.61 bits per heavy atom. The Kier molecular flexibility index (Phi) is 2.77. The number of halogens is 1. The van der Waals surface area contributed by atoms with Crippen molar-refractivity contribution in [3.05, 3.63) is 18.2 Å². The van der Waals surface area contributed by atoms with Gasteiger partial charge in [-0.15, -0.1) is 11.6 Å². The van der Waals surface area contributed by atoms with Gasteiger partial charge in [0.1, 0.15) is 5.75 Å². The van der Waals surface area contributed by atoms with Crippen LogP contribution in [0.25, 0.3) is 0 Å². The molecule has 0 radical (unpaired) electrons. The predicted octanol–water partition coefficient (Wildman–Crippen LogP) is 3.90. The second kappa shape index (κ2) is 4.56. The lowest BCUT2D eigenvalue weighted by Crippen LogP contribution is -2.56. The molecule has 0 amide bonds. The third kappa shape index (κ3) is 2.14. The van der Waals surface area contributed by atoms with E-state index in [1.165, 1.54) is 6.42 Å². The van der Waals surface area contributed by atoms with Gasteiger partial charge in [-0.2, -0.15) is 0 Å². The summed E-state index contributed by atoms with van der Waals surface area (Å²) in [6.07, 6.45) is 5.97. The number of fused-ring (bicyclic) bond motifs is 1. The molecule has 4 saturated carbocycles. The lowest BCUT2D eigenvalue weighted by Gasteiger charge is -2.58. The Hall–Kier alpha value is -1.42. The Labute approximate surface area is 140 Å². The van der Waals surface area contributed by atoms with Crippen LogP contribution in [0.2, 0.25) is 0 Å². The third-order valence-corrected chi connectivity index (χ3v) is 6.42. The van der Waals surface area contributed by atoms with Crippen LogP contribution >= 0.6 is 11.6 Å². The monoisotopic (exact) mass is 334 g/mol. The first-order chi connectivity index (χ1) is 11.0. The fraction of sp³-hybridized carbons (Fsp3) is 0.611. The largest absolute Gasteiger partial charge is 0.454 e. The number of hydrogen-bond acceptors (Lipinski definition) is 4. The van der Waals surface area contributed by atoms with Gasteiger partial charge in [0, 0.05) is 10.9 Å². The lowest BCUT2D eigenvalue weighted by atomic mass is 9.49. The summed E-state index contributed by atoms with van der Waals surface area (Å²) in [4.78, 5) is 12.8. The molecule has 2 atom stereocenters. The Balaban J connectivity index is 1.40. The molecule has 1 aromatic carbocycles. The zero-order valence-electron chi connectivity index (χ0n) is 12.8. The summed E-state index contributed by atoms with van der Waals surface area (Å²) in [6.45, 7) is 0.217. The van der Waals surface area contributed by atoms with E-state index in [0.29, 0.717) is 29.1 Å². The molecular formula is C18H19ClO4. The van der Waals surface area contributed by atoms with E-state index in [1.807, 2.05) is 0 Å². The summed E-state index contributed by atoms with van der Waals surface area (Å²) in [5.41, 5.74) is -0.387. The molecule has 4 aliphatic carbocycles. The van der Waals surface area contributed by atoms with Crippen LogP contribution in [0.3, 0.4) is 0 Å². The van der Waals surface area contributed by atoms with Crippen molar-refractivity contribution in [2.75, 3.05) is 6.79 Å². The minimum absolute atomic E-state index is 0.115. The standard InChI is InChI=1S/C18H19ClO4/c19-18-7-11-3-12(8-18)6-17(5-11,9-18)16(20)23-13-1-2-14-15(4-13)22-10-21-14/h1-2,4,11-12H,3,5-10H2/t11-,12-,17?,18?/m1/s1. The number of hydrogen-bond donors (Lipinski definition) is 0. The van der Waals surface area contributed by atoms with E-state index in [4.69, 9.17) is 25.8 Å². The molecule has 0 N–H and O–H groups in total. The third-order valence-electron chi connectivity index (χ3n) is 5.98. The summed E-state index contributed by atoms with van der Waals surface area (Å²) in [7, 11) is 0. The molecule has 4 bridgehead atoms. The summed E-state index contributed by atoms with van der Waals surface area (Å²) in [5.74, 6) is 2.90. The molecule has 122 valence electrons. The van der Waals surface area contributed by atoms with E-state index >= 15 is 0 Å². The van der Waals surface area contributed by atoms with Gasteiger partial charge in [0.05, 0.1) is 5.41 Å². The van der Waals surface area contributed by atoms with Gasteiger partial charge < -0.3 is 14.2 Å². The number of carbonyl (C=O) groups is 1. The molecule has 0 aromatic heterocycles. The van der Waals surface area contributed by atoms with Crippen LogP contribution in [-0.2, 0) is 4.79 Å². The SMILES string of the molecule is O=C(Oc1ccc2c(c1)OCO2)C12C[C@H]3C[C@@H](CC(Cl)(C3)C1)C2. The first-order valence-corrected chi connectivity index (χ1v) is 8.72. The van der Waals surface area contributed by atoms with Crippen LogP contribution in [0.15, 0.2) is 18.2 Å². The van der Waals surface area contributed by atoms with Crippen molar-refractivity contribution in [3.63, 3.8) is 0 Å². The molecule has 4 nitrogen and oxygen atoms in total. The summed E-state index contributed by atoms with van der Waals surface area (Å²) < 4.78 is 16.4. The average molecular weight is 335 g/mol. The maximum Gasteiger partial charge on any atom is 0.317 e. The quantitative estimate of drug-likeness (QED) is 0.467. The summed E-state index contributed by atoms with van der Waals surface area (Å²) >= 11 is 6.80. The number of esters is 1. The van der Waals surface area contributed by atoms with Gasteiger partial charge in [0.25, 0.3) is 0 Å². The molecule has 0 spiro atoms. The van der Waals surface area contributed by atoms with Gasteiger partial charge in [-0.3, -0.25) is 4.79 Å². The van der Waals surface area contributed by atoms with Gasteiger partial charge in [-0.1, -0.05) is 0 Å². The minimum atomic E-state index is -0.387. The minimum Gasteiger partial charge on any atom is -0.454 e. The highest BCUT2D eigenvalue weighted by Gasteiger charge is 2.60. The molecule has 1 heterocycles. The molecule has 6 rings (SSSR count). The van der Waals surface area contributed by atoms with Crippen molar-refractivity contribution in [1.82, 2.24) is 0 Å². The summed E-state index contributed by atoms with van der Waals surface area (Å²) in [5, 5.41) is 0. The van der Waals surface area contributed by atoms with Crippen molar-refractivity contribution < 1.29 is 19.0 Å². The van der Waals surface area contributed by atoms with Crippen LogP contribution in [0.4, 0.5) is 0 Å². The van der Waals surface area contributed by atoms with Crippen molar-refractivity contribution in [2.45, 2.75) is 43.4 Å². The van der Waals surface area contributed by atoms with Crippen LogP contribution < -0.4 is 14.2 Å². The van der Waals surface area contributed by atoms with Gasteiger partial charge in [0.15, 0.2) is 11.5 Å². The Morgan fingerprint density at radius 1 is 1.13 bits per heavy atom. The van der Waals surface area contributed by atoms with Crippen molar-refractivity contribution in [2.24, 2.45) is 17.3 Å². The van der Waals surface area contributed by atoms with E-state index in [1.54, 1.807) is 18.2 Å². The number of alkyl halides is 1. The molecule has 4 fully saturated rings. The average Bonchev–Trinajstić information content (AvgIpc) is 2.92. The first-order valence-electron chi connectivity index (χ1n) is 8.35. The van der Waals surface area contributed by atoms with Crippen LogP contribution in [-0.4, -0.2) is 17.6 Å². The molecule has 1 aromatic rings. The van der Waals surface area contributed by atoms with Gasteiger partial charge in [-0.25, -0.2) is 0 Å². The molecule has 0 saturated heterocycles. The topological polar surface area (TPSA) is 44.8 Å². The maximum atomic E-state index is 13.0. The second-order valence-electron chi connectivity index (χ2n) is 7.80. The molecule has 5 heteroatoms. The Morgan fingerprint density at radius 2 is 1.87 bits per heavy atom. The lowest BCUT2D eigenvalue weighted by molar-refractivity contribution is -0.160. The Bertz CT molecular complexity index is 672. The fourth-order valence-corrected chi connectivity index (χ4v) is 6.24. The first kappa shape index (κ1) is 14.0. The van der Waals surface area contributed by atoms with E-state index in [0.717, 1.165) is 32.1 Å². The zero-order valence-corrected chi connectivity index (χ0v) is 13.6. The van der Waals surface area contributed by atoms with Crippen molar-refractivity contribution in [3.8, 4) is 17.2 Å². The predicted molar refractivity (Wildman–Crippen MR) is 83.9 cm³/mol. The smallest absolute Gasteiger partial charge is 0.317 e. The number of carbonyl (C=O) groups excluding carboxylic acids is 1. The number of rotatable bonds is 2. The van der Waals surface area contributed by atoms with Gasteiger partial charge in [-0.05, 0) is 62.5 Å². The molecule has 1 aliphatic heterocycles. The highest BCUT2D eigenvalue weighted by Crippen LogP contribution is 2.64. The van der Waals surface area contributed by atoms with E-state index in [2.05, 4.69) is 0 Å². The highest BCUT2D eigenvalue weighted by molar-refractivity contribution is 6.24. The highest BCUT2D eigenvalue weighted by atomic mass is 35.5. The molecule has 5 aliphatic rings. The number of ether oxygens (including phenoxy) is 3. The van der Waals surface area contributed by atoms with Crippen LogP contribution in [0, 0.1) is 17.3 Å². The molecular weight excluding hydrogens is 316 g/mol.